The fourth-order valence-corrected chi connectivity index (χ4v) is 3.33. The van der Waals surface area contributed by atoms with E-state index in [4.69, 9.17) is 9.47 Å². The van der Waals surface area contributed by atoms with Crippen LogP contribution in [0.5, 0.6) is 11.5 Å². The van der Waals surface area contributed by atoms with Gasteiger partial charge in [0.1, 0.15) is 0 Å². The number of amides is 1. The lowest BCUT2D eigenvalue weighted by molar-refractivity contribution is 0.0704. The molecule has 136 valence electrons. The van der Waals surface area contributed by atoms with Crippen LogP contribution in [0.4, 0.5) is 0 Å². The van der Waals surface area contributed by atoms with Crippen LogP contribution in [0.3, 0.4) is 0 Å². The molecule has 1 unspecified atom stereocenters. The highest BCUT2D eigenvalue weighted by molar-refractivity contribution is 6.01. The molecular formula is C21H23NO4. The Kier molecular flexibility index (Phi) is 5.26. The zero-order chi connectivity index (χ0) is 18.7. The first kappa shape index (κ1) is 18.0. The maximum Gasteiger partial charge on any atom is 0.253 e. The third-order valence-electron chi connectivity index (χ3n) is 4.78. The van der Waals surface area contributed by atoms with E-state index in [2.05, 4.69) is 0 Å². The highest BCUT2D eigenvalue weighted by Gasteiger charge is 2.28. The molecule has 0 spiro atoms. The van der Waals surface area contributed by atoms with Crippen LogP contribution in [0.1, 0.15) is 33.2 Å². The SMILES string of the molecule is COc1cc2c(cc1OC)C(=O)C(C)CN(C(=O)c1ccccc1)CC2. The van der Waals surface area contributed by atoms with Crippen molar-refractivity contribution in [3.05, 3.63) is 59.2 Å². The first-order valence-electron chi connectivity index (χ1n) is 8.68. The van der Waals surface area contributed by atoms with Crippen LogP contribution >= 0.6 is 0 Å². The van der Waals surface area contributed by atoms with Gasteiger partial charge >= 0.3 is 0 Å². The van der Waals surface area contributed by atoms with Crippen LogP contribution in [0.25, 0.3) is 0 Å². The van der Waals surface area contributed by atoms with Crippen LogP contribution in [-0.4, -0.2) is 43.9 Å². The maximum absolute atomic E-state index is 12.9. The van der Waals surface area contributed by atoms with E-state index in [1.165, 1.54) is 0 Å². The molecule has 0 bridgehead atoms. The lowest BCUT2D eigenvalue weighted by Crippen LogP contribution is -2.40. The van der Waals surface area contributed by atoms with Gasteiger partial charge in [-0.2, -0.15) is 0 Å². The van der Waals surface area contributed by atoms with Gasteiger partial charge in [0.05, 0.1) is 14.2 Å². The third-order valence-corrected chi connectivity index (χ3v) is 4.78. The molecule has 0 radical (unpaired) electrons. The molecule has 5 heteroatoms. The van der Waals surface area contributed by atoms with Crippen LogP contribution in [0.15, 0.2) is 42.5 Å². The quantitative estimate of drug-likeness (QED) is 0.850. The standard InChI is InChI=1S/C21H23NO4/c1-14-13-22(21(24)15-7-5-4-6-8-15)10-9-16-11-18(25-2)19(26-3)12-17(16)20(14)23/h4-8,11-12,14H,9-10,13H2,1-3H3. The number of carbonyl (C=O) groups excluding carboxylic acids is 2. The van der Waals surface area contributed by atoms with Gasteiger partial charge in [-0.3, -0.25) is 9.59 Å². The van der Waals surface area contributed by atoms with E-state index in [0.717, 1.165) is 5.56 Å². The number of hydrogen-bond donors (Lipinski definition) is 0. The molecule has 26 heavy (non-hydrogen) atoms. The van der Waals surface area contributed by atoms with Crippen LogP contribution < -0.4 is 9.47 Å². The van der Waals surface area contributed by atoms with Crippen LogP contribution in [-0.2, 0) is 6.42 Å². The molecule has 0 N–H and O–H groups in total. The van der Waals surface area contributed by atoms with E-state index in [-0.39, 0.29) is 17.6 Å². The summed E-state index contributed by atoms with van der Waals surface area (Å²) in [7, 11) is 3.13. The smallest absolute Gasteiger partial charge is 0.253 e. The van der Waals surface area contributed by atoms with E-state index in [9.17, 15) is 9.59 Å². The summed E-state index contributed by atoms with van der Waals surface area (Å²) in [6.45, 7) is 2.81. The van der Waals surface area contributed by atoms with E-state index in [0.29, 0.717) is 42.1 Å². The molecule has 1 aliphatic rings. The molecule has 1 atom stereocenters. The normalized spacial score (nSPS) is 17.1. The van der Waals surface area contributed by atoms with Gasteiger partial charge in [0.15, 0.2) is 17.3 Å². The van der Waals surface area contributed by atoms with E-state index in [1.54, 1.807) is 37.3 Å². The van der Waals surface area contributed by atoms with Crippen molar-refractivity contribution in [2.24, 2.45) is 5.92 Å². The number of fused-ring (bicyclic) bond motifs is 1. The van der Waals surface area contributed by atoms with Crippen molar-refractivity contribution in [2.75, 3.05) is 27.3 Å². The molecule has 2 aromatic carbocycles. The molecule has 0 fully saturated rings. The number of ether oxygens (including phenoxy) is 2. The predicted molar refractivity (Wildman–Crippen MR) is 99.1 cm³/mol. The summed E-state index contributed by atoms with van der Waals surface area (Å²) in [6, 6.07) is 12.8. The Morgan fingerprint density at radius 3 is 2.38 bits per heavy atom. The van der Waals surface area contributed by atoms with Crippen molar-refractivity contribution in [2.45, 2.75) is 13.3 Å². The van der Waals surface area contributed by atoms with Crippen molar-refractivity contribution >= 4 is 11.7 Å². The third kappa shape index (κ3) is 3.43. The minimum atomic E-state index is -0.292. The number of benzene rings is 2. The highest BCUT2D eigenvalue weighted by Crippen LogP contribution is 2.33. The average Bonchev–Trinajstić information content (AvgIpc) is 2.68. The van der Waals surface area contributed by atoms with Gasteiger partial charge in [-0.1, -0.05) is 25.1 Å². The number of rotatable bonds is 3. The zero-order valence-corrected chi connectivity index (χ0v) is 15.3. The highest BCUT2D eigenvalue weighted by atomic mass is 16.5. The summed E-state index contributed by atoms with van der Waals surface area (Å²) < 4.78 is 10.7. The van der Waals surface area contributed by atoms with Gasteiger partial charge in [0, 0.05) is 30.1 Å². The van der Waals surface area contributed by atoms with Gasteiger partial charge in [-0.05, 0) is 36.2 Å². The van der Waals surface area contributed by atoms with Crippen molar-refractivity contribution in [3.63, 3.8) is 0 Å². The second-order valence-electron chi connectivity index (χ2n) is 6.50. The van der Waals surface area contributed by atoms with Crippen LogP contribution in [0.2, 0.25) is 0 Å². The molecule has 0 saturated carbocycles. The van der Waals surface area contributed by atoms with E-state index >= 15 is 0 Å². The monoisotopic (exact) mass is 353 g/mol. The number of ketones is 1. The molecule has 0 aliphatic carbocycles. The summed E-state index contributed by atoms with van der Waals surface area (Å²) in [4.78, 5) is 27.5. The lowest BCUT2D eigenvalue weighted by Gasteiger charge is -2.29. The Bertz CT molecular complexity index is 816. The zero-order valence-electron chi connectivity index (χ0n) is 15.3. The van der Waals surface area contributed by atoms with Gasteiger partial charge in [0.2, 0.25) is 0 Å². The Morgan fingerprint density at radius 2 is 1.73 bits per heavy atom. The van der Waals surface area contributed by atoms with Crippen molar-refractivity contribution in [1.82, 2.24) is 4.90 Å². The van der Waals surface area contributed by atoms with Gasteiger partial charge < -0.3 is 14.4 Å². The summed E-state index contributed by atoms with van der Waals surface area (Å²) in [5.41, 5.74) is 2.17. The Labute approximate surface area is 153 Å². The first-order chi connectivity index (χ1) is 12.5. The van der Waals surface area contributed by atoms with E-state index in [1.807, 2.05) is 31.2 Å². The molecule has 0 aromatic heterocycles. The van der Waals surface area contributed by atoms with Gasteiger partial charge in [-0.15, -0.1) is 0 Å². The van der Waals surface area contributed by atoms with Crippen LogP contribution in [0, 0.1) is 5.92 Å². The van der Waals surface area contributed by atoms with Crippen molar-refractivity contribution < 1.29 is 19.1 Å². The molecule has 1 aliphatic heterocycles. The number of Topliss-reactive ketones (excluding diaryl/α,β-unsaturated/α-hetero) is 1. The predicted octanol–water partition coefficient (Wildman–Crippen LogP) is 3.22. The number of carbonyl (C=O) groups is 2. The summed E-state index contributed by atoms with van der Waals surface area (Å²) >= 11 is 0. The Balaban J connectivity index is 1.94. The fourth-order valence-electron chi connectivity index (χ4n) is 3.33. The Morgan fingerprint density at radius 1 is 1.08 bits per heavy atom. The number of methoxy groups -OCH3 is 2. The molecule has 5 nitrogen and oxygen atoms in total. The molecule has 0 saturated heterocycles. The van der Waals surface area contributed by atoms with Gasteiger partial charge in [0.25, 0.3) is 5.91 Å². The van der Waals surface area contributed by atoms with Crippen molar-refractivity contribution in [1.29, 1.82) is 0 Å². The summed E-state index contributed by atoms with van der Waals surface area (Å²) in [6.07, 6.45) is 0.590. The summed E-state index contributed by atoms with van der Waals surface area (Å²) in [5.74, 6) is 0.818. The van der Waals surface area contributed by atoms with Gasteiger partial charge in [-0.25, -0.2) is 0 Å². The number of hydrogen-bond acceptors (Lipinski definition) is 4. The molecule has 1 heterocycles. The first-order valence-corrected chi connectivity index (χ1v) is 8.68. The molecule has 1 amide bonds. The topological polar surface area (TPSA) is 55.8 Å². The molecule has 2 aromatic rings. The largest absolute Gasteiger partial charge is 0.493 e. The molecule has 3 rings (SSSR count). The maximum atomic E-state index is 12.9. The number of nitrogens with zero attached hydrogens (tertiary/aromatic N) is 1. The average molecular weight is 353 g/mol. The molecular weight excluding hydrogens is 330 g/mol. The second kappa shape index (κ2) is 7.60. The minimum absolute atomic E-state index is 0.0199. The lowest BCUT2D eigenvalue weighted by atomic mass is 9.90. The van der Waals surface area contributed by atoms with Crippen molar-refractivity contribution in [3.8, 4) is 11.5 Å². The fraction of sp³-hybridized carbons (Fsp3) is 0.333. The van der Waals surface area contributed by atoms with E-state index < -0.39 is 0 Å². The summed E-state index contributed by atoms with van der Waals surface area (Å²) in [5, 5.41) is 0. The second-order valence-corrected chi connectivity index (χ2v) is 6.50. The Hall–Kier alpha value is -2.82. The minimum Gasteiger partial charge on any atom is -0.493 e.